The molecular weight excluding hydrogens is 264 g/mol. The van der Waals surface area contributed by atoms with Gasteiger partial charge in [0.15, 0.2) is 0 Å². The van der Waals surface area contributed by atoms with E-state index in [-0.39, 0.29) is 5.56 Å². The van der Waals surface area contributed by atoms with E-state index in [0.29, 0.717) is 5.25 Å². The molecule has 0 aromatic carbocycles. The lowest BCUT2D eigenvalue weighted by molar-refractivity contribution is 0.707. The molecule has 1 aliphatic carbocycles. The summed E-state index contributed by atoms with van der Waals surface area (Å²) in [5, 5.41) is 0.380. The van der Waals surface area contributed by atoms with Crippen molar-refractivity contribution in [3.05, 3.63) is 27.4 Å². The third-order valence-corrected chi connectivity index (χ3v) is 6.34. The maximum Gasteiger partial charge on any atom is 0.254 e. The fourth-order valence-corrected chi connectivity index (χ4v) is 5.22. The van der Waals surface area contributed by atoms with Crippen LogP contribution in [0.1, 0.15) is 41.6 Å². The number of nitrogens with one attached hydrogen (secondary N) is 1. The average Bonchev–Trinajstić information content (AvgIpc) is 2.65. The van der Waals surface area contributed by atoms with E-state index in [0.717, 1.165) is 47.8 Å². The lowest BCUT2D eigenvalue weighted by atomic mass is 10.1. The van der Waals surface area contributed by atoms with E-state index >= 15 is 0 Å². The summed E-state index contributed by atoms with van der Waals surface area (Å²) in [7, 11) is 0. The molecule has 1 saturated heterocycles. The minimum absolute atomic E-state index is 0.119. The Hall–Kier alpha value is -0.420. The van der Waals surface area contributed by atoms with Gasteiger partial charge in [-0.2, -0.15) is 11.8 Å². The zero-order valence-electron chi connectivity index (χ0n) is 10.4. The van der Waals surface area contributed by atoms with E-state index in [2.05, 4.69) is 4.98 Å². The summed E-state index contributed by atoms with van der Waals surface area (Å²) in [6.07, 6.45) is 5.42. The predicted octanol–water partition coefficient (Wildman–Crippen LogP) is 2.56. The first-order valence-electron chi connectivity index (χ1n) is 6.66. The predicted molar refractivity (Wildman–Crippen MR) is 78.6 cm³/mol. The number of H-pyrrole nitrogens is 1. The largest absolute Gasteiger partial charge is 0.309 e. The van der Waals surface area contributed by atoms with E-state index in [9.17, 15) is 4.79 Å². The van der Waals surface area contributed by atoms with Gasteiger partial charge in [0.1, 0.15) is 5.82 Å². The van der Waals surface area contributed by atoms with Crippen molar-refractivity contribution >= 4 is 23.5 Å². The number of aryl methyl sites for hydroxylation is 1. The molecule has 1 atom stereocenters. The summed E-state index contributed by atoms with van der Waals surface area (Å²) >= 11 is 3.89. The zero-order chi connectivity index (χ0) is 12.4. The number of fused-ring (bicyclic) bond motifs is 1. The van der Waals surface area contributed by atoms with Crippen LogP contribution < -0.4 is 5.56 Å². The first-order chi connectivity index (χ1) is 8.84. The van der Waals surface area contributed by atoms with Crippen LogP contribution in [0.15, 0.2) is 4.79 Å². The Morgan fingerprint density at radius 3 is 2.89 bits per heavy atom. The van der Waals surface area contributed by atoms with Crippen LogP contribution in [0, 0.1) is 0 Å². The molecule has 3 nitrogen and oxygen atoms in total. The first-order valence-corrected chi connectivity index (χ1v) is 8.86. The van der Waals surface area contributed by atoms with Crippen molar-refractivity contribution in [3.63, 3.8) is 0 Å². The van der Waals surface area contributed by atoms with Gasteiger partial charge in [-0.15, -0.1) is 11.8 Å². The number of aromatic amines is 1. The first kappa shape index (κ1) is 12.6. The highest BCUT2D eigenvalue weighted by molar-refractivity contribution is 8.06. The highest BCUT2D eigenvalue weighted by Crippen LogP contribution is 2.35. The van der Waals surface area contributed by atoms with Crippen molar-refractivity contribution in [2.24, 2.45) is 0 Å². The molecule has 1 N–H and O–H groups in total. The molecule has 1 aromatic rings. The summed E-state index contributed by atoms with van der Waals surface area (Å²) in [6, 6.07) is 0. The van der Waals surface area contributed by atoms with Crippen molar-refractivity contribution in [1.29, 1.82) is 0 Å². The number of nitrogens with zero attached hydrogens (tertiary/aromatic N) is 1. The van der Waals surface area contributed by atoms with Crippen molar-refractivity contribution in [3.8, 4) is 0 Å². The summed E-state index contributed by atoms with van der Waals surface area (Å²) in [5.41, 5.74) is 2.14. The Balaban J connectivity index is 1.94. The van der Waals surface area contributed by atoms with Crippen LogP contribution in [-0.2, 0) is 12.8 Å². The van der Waals surface area contributed by atoms with Gasteiger partial charge >= 0.3 is 0 Å². The Kier molecular flexibility index (Phi) is 3.99. The fourth-order valence-electron chi connectivity index (χ4n) is 2.60. The van der Waals surface area contributed by atoms with Gasteiger partial charge in [-0.05, 0) is 25.7 Å². The van der Waals surface area contributed by atoms with Crippen LogP contribution in [-0.4, -0.2) is 27.2 Å². The minimum atomic E-state index is 0.119. The van der Waals surface area contributed by atoms with Crippen molar-refractivity contribution in [2.75, 3.05) is 17.3 Å². The number of hydrogen-bond acceptors (Lipinski definition) is 4. The van der Waals surface area contributed by atoms with E-state index < -0.39 is 0 Å². The molecule has 1 aromatic heterocycles. The smallest absolute Gasteiger partial charge is 0.254 e. The van der Waals surface area contributed by atoms with Gasteiger partial charge in [0, 0.05) is 22.8 Å². The van der Waals surface area contributed by atoms with Crippen LogP contribution in [0.2, 0.25) is 0 Å². The van der Waals surface area contributed by atoms with E-state index in [4.69, 9.17) is 4.98 Å². The monoisotopic (exact) mass is 282 g/mol. The molecule has 2 heterocycles. The van der Waals surface area contributed by atoms with Crippen molar-refractivity contribution in [2.45, 2.75) is 37.4 Å². The van der Waals surface area contributed by atoms with Gasteiger partial charge in [-0.1, -0.05) is 6.42 Å². The lowest BCUT2D eigenvalue weighted by Gasteiger charge is -2.20. The minimum Gasteiger partial charge on any atom is -0.309 e. The summed E-state index contributed by atoms with van der Waals surface area (Å²) < 4.78 is 0. The summed E-state index contributed by atoms with van der Waals surface area (Å²) in [5.74, 6) is 4.37. The zero-order valence-corrected chi connectivity index (χ0v) is 12.0. The average molecular weight is 282 g/mol. The van der Waals surface area contributed by atoms with Gasteiger partial charge in [0.25, 0.3) is 5.56 Å². The van der Waals surface area contributed by atoms with Crippen molar-refractivity contribution in [1.82, 2.24) is 9.97 Å². The second-order valence-electron chi connectivity index (χ2n) is 4.87. The van der Waals surface area contributed by atoms with E-state index in [1.807, 2.05) is 23.5 Å². The Morgan fingerprint density at radius 1 is 1.17 bits per heavy atom. The molecule has 3 rings (SSSR count). The quantitative estimate of drug-likeness (QED) is 0.804. The van der Waals surface area contributed by atoms with Gasteiger partial charge in [0.05, 0.1) is 10.9 Å². The second kappa shape index (κ2) is 5.70. The normalized spacial score (nSPS) is 24.3. The SMILES string of the molecule is O=c1[nH]c(C2CSCCS2)nc2c1CCCCC2. The molecule has 1 aliphatic heterocycles. The maximum absolute atomic E-state index is 12.2. The van der Waals surface area contributed by atoms with Crippen LogP contribution in [0.5, 0.6) is 0 Å². The lowest BCUT2D eigenvalue weighted by Crippen LogP contribution is -2.22. The number of aromatic nitrogens is 2. The van der Waals surface area contributed by atoms with Crippen molar-refractivity contribution < 1.29 is 0 Å². The molecule has 18 heavy (non-hydrogen) atoms. The van der Waals surface area contributed by atoms with E-state index in [1.165, 1.54) is 18.6 Å². The Morgan fingerprint density at radius 2 is 2.06 bits per heavy atom. The summed E-state index contributed by atoms with van der Waals surface area (Å²) in [6.45, 7) is 0. The molecule has 2 aliphatic rings. The molecule has 0 saturated carbocycles. The molecule has 0 bridgehead atoms. The van der Waals surface area contributed by atoms with Gasteiger partial charge in [0.2, 0.25) is 0 Å². The highest BCUT2D eigenvalue weighted by atomic mass is 32.2. The van der Waals surface area contributed by atoms with Gasteiger partial charge < -0.3 is 4.98 Å². The third kappa shape index (κ3) is 2.62. The number of hydrogen-bond donors (Lipinski definition) is 1. The maximum atomic E-state index is 12.2. The van der Waals surface area contributed by atoms with Crippen LogP contribution in [0.3, 0.4) is 0 Å². The molecule has 5 heteroatoms. The third-order valence-electron chi connectivity index (χ3n) is 3.58. The standard InChI is InChI=1S/C13H18N2OS2/c16-13-9-4-2-1-3-5-10(9)14-12(15-13)11-8-17-6-7-18-11/h11H,1-8H2,(H,14,15,16). The second-order valence-corrected chi connectivity index (χ2v) is 7.33. The Labute approximate surface area is 116 Å². The molecule has 1 fully saturated rings. The number of rotatable bonds is 1. The van der Waals surface area contributed by atoms with Gasteiger partial charge in [-0.25, -0.2) is 4.98 Å². The van der Waals surface area contributed by atoms with Crippen LogP contribution in [0.25, 0.3) is 0 Å². The molecule has 0 spiro atoms. The fraction of sp³-hybridized carbons (Fsp3) is 0.692. The molecular formula is C13H18N2OS2. The van der Waals surface area contributed by atoms with Crippen LogP contribution >= 0.6 is 23.5 Å². The topological polar surface area (TPSA) is 45.8 Å². The molecule has 0 amide bonds. The summed E-state index contributed by atoms with van der Waals surface area (Å²) in [4.78, 5) is 20.0. The molecule has 98 valence electrons. The van der Waals surface area contributed by atoms with Gasteiger partial charge in [-0.3, -0.25) is 4.79 Å². The number of thioether (sulfide) groups is 2. The molecule has 1 unspecified atom stereocenters. The van der Waals surface area contributed by atoms with E-state index in [1.54, 1.807) is 0 Å². The highest BCUT2D eigenvalue weighted by Gasteiger charge is 2.21. The van der Waals surface area contributed by atoms with Crippen LogP contribution in [0.4, 0.5) is 0 Å². The molecule has 0 radical (unpaired) electrons. The Bertz CT molecular complexity index is 480.